The van der Waals surface area contributed by atoms with Gasteiger partial charge >= 0.3 is 0 Å². The highest BCUT2D eigenvalue weighted by atomic mass is 16.5. The SMILES string of the molecule is COc1cccc2c1C(=O)CC1(CCN(C(=O)c3ccc4[nH]c5c(c4c3)CCNC5=O)CC1)O2. The predicted molar refractivity (Wildman–Crippen MR) is 125 cm³/mol. The van der Waals surface area contributed by atoms with Crippen molar-refractivity contribution in [3.63, 3.8) is 0 Å². The smallest absolute Gasteiger partial charge is 0.268 e. The average molecular weight is 460 g/mol. The van der Waals surface area contributed by atoms with E-state index in [1.807, 2.05) is 23.1 Å². The number of carbonyl (C=O) groups is 3. The van der Waals surface area contributed by atoms with Crippen molar-refractivity contribution in [2.75, 3.05) is 26.7 Å². The molecule has 0 saturated carbocycles. The summed E-state index contributed by atoms with van der Waals surface area (Å²) in [6.07, 6.45) is 2.20. The van der Waals surface area contributed by atoms with E-state index < -0.39 is 5.60 Å². The van der Waals surface area contributed by atoms with Crippen LogP contribution in [0.25, 0.3) is 10.9 Å². The molecule has 2 N–H and O–H groups in total. The van der Waals surface area contributed by atoms with Crippen LogP contribution in [0.4, 0.5) is 0 Å². The lowest BCUT2D eigenvalue weighted by Gasteiger charge is -2.44. The van der Waals surface area contributed by atoms with Crippen LogP contribution in [-0.4, -0.2) is 59.8 Å². The minimum absolute atomic E-state index is 0.0187. The molecule has 0 unspecified atom stereocenters. The van der Waals surface area contributed by atoms with Gasteiger partial charge in [0.2, 0.25) is 0 Å². The van der Waals surface area contributed by atoms with Crippen LogP contribution in [0.1, 0.15) is 56.0 Å². The van der Waals surface area contributed by atoms with Crippen molar-refractivity contribution >= 4 is 28.5 Å². The molecule has 6 rings (SSSR count). The topological polar surface area (TPSA) is 101 Å². The lowest BCUT2D eigenvalue weighted by Crippen LogP contribution is -2.52. The molecular weight excluding hydrogens is 434 g/mol. The van der Waals surface area contributed by atoms with Gasteiger partial charge in [0.25, 0.3) is 11.8 Å². The van der Waals surface area contributed by atoms with Crippen molar-refractivity contribution in [1.82, 2.24) is 15.2 Å². The molecule has 3 aromatic rings. The summed E-state index contributed by atoms with van der Waals surface area (Å²) < 4.78 is 11.7. The zero-order valence-electron chi connectivity index (χ0n) is 18.9. The Kier molecular flexibility index (Phi) is 4.65. The number of amides is 2. The molecule has 1 aromatic heterocycles. The highest BCUT2D eigenvalue weighted by molar-refractivity contribution is 6.05. The van der Waals surface area contributed by atoms with E-state index in [0.29, 0.717) is 60.8 Å². The van der Waals surface area contributed by atoms with Crippen LogP contribution in [0.3, 0.4) is 0 Å². The Morgan fingerprint density at radius 3 is 2.76 bits per heavy atom. The summed E-state index contributed by atoms with van der Waals surface area (Å²) in [6, 6.07) is 11.0. The van der Waals surface area contributed by atoms with E-state index >= 15 is 0 Å². The molecule has 3 aliphatic rings. The van der Waals surface area contributed by atoms with Gasteiger partial charge in [-0.25, -0.2) is 0 Å². The molecule has 1 spiro atoms. The number of aromatic amines is 1. The van der Waals surface area contributed by atoms with Crippen molar-refractivity contribution in [3.05, 3.63) is 58.8 Å². The number of aromatic nitrogens is 1. The third-order valence-electron chi connectivity index (χ3n) is 7.30. The van der Waals surface area contributed by atoms with E-state index in [4.69, 9.17) is 9.47 Å². The molecule has 2 aromatic carbocycles. The number of nitrogens with zero attached hydrogens (tertiary/aromatic N) is 1. The van der Waals surface area contributed by atoms with Crippen LogP contribution in [0.5, 0.6) is 11.5 Å². The highest BCUT2D eigenvalue weighted by Gasteiger charge is 2.44. The minimum atomic E-state index is -0.593. The van der Waals surface area contributed by atoms with Crippen LogP contribution in [0.2, 0.25) is 0 Å². The van der Waals surface area contributed by atoms with E-state index in [9.17, 15) is 14.4 Å². The van der Waals surface area contributed by atoms with Gasteiger partial charge in [-0.1, -0.05) is 6.07 Å². The van der Waals surface area contributed by atoms with Gasteiger partial charge in [0.15, 0.2) is 5.78 Å². The van der Waals surface area contributed by atoms with Crippen molar-refractivity contribution in [3.8, 4) is 11.5 Å². The molecule has 8 nitrogen and oxygen atoms in total. The molecule has 8 heteroatoms. The predicted octanol–water partition coefficient (Wildman–Crippen LogP) is 3.10. The number of nitrogens with one attached hydrogen (secondary N) is 2. The number of hydrogen-bond donors (Lipinski definition) is 2. The number of fused-ring (bicyclic) bond motifs is 4. The molecule has 0 aliphatic carbocycles. The Labute approximate surface area is 196 Å². The molecule has 4 heterocycles. The van der Waals surface area contributed by atoms with Crippen LogP contribution < -0.4 is 14.8 Å². The summed E-state index contributed by atoms with van der Waals surface area (Å²) in [5.74, 6) is 0.959. The Morgan fingerprint density at radius 1 is 1.15 bits per heavy atom. The van der Waals surface area contributed by atoms with Gasteiger partial charge in [0.05, 0.1) is 13.5 Å². The van der Waals surface area contributed by atoms with Gasteiger partial charge in [-0.05, 0) is 42.3 Å². The molecule has 0 atom stereocenters. The standard InChI is InChI=1S/C26H25N3O5/c1-33-20-3-2-4-21-22(20)19(30)14-26(34-21)8-11-29(12-9-26)25(32)15-5-6-18-17(13-15)16-7-10-27-24(31)23(16)28-18/h2-6,13,28H,7-12,14H2,1H3,(H,27,31). The van der Waals surface area contributed by atoms with Crippen LogP contribution in [0.15, 0.2) is 36.4 Å². The normalized spacial score (nSPS) is 18.8. The molecule has 1 saturated heterocycles. The molecule has 1 fully saturated rings. The highest BCUT2D eigenvalue weighted by Crippen LogP contribution is 2.42. The average Bonchev–Trinajstić information content (AvgIpc) is 3.23. The van der Waals surface area contributed by atoms with Gasteiger partial charge in [0, 0.05) is 48.9 Å². The van der Waals surface area contributed by atoms with Crippen molar-refractivity contribution in [2.45, 2.75) is 31.3 Å². The van der Waals surface area contributed by atoms with Crippen molar-refractivity contribution in [2.24, 2.45) is 0 Å². The lowest BCUT2D eigenvalue weighted by atomic mass is 9.82. The third kappa shape index (κ3) is 3.16. The summed E-state index contributed by atoms with van der Waals surface area (Å²) in [7, 11) is 1.55. The summed E-state index contributed by atoms with van der Waals surface area (Å²) >= 11 is 0. The van der Waals surface area contributed by atoms with Crippen LogP contribution >= 0.6 is 0 Å². The molecule has 3 aliphatic heterocycles. The fourth-order valence-electron chi connectivity index (χ4n) is 5.49. The first-order valence-corrected chi connectivity index (χ1v) is 11.6. The Morgan fingerprint density at radius 2 is 1.97 bits per heavy atom. The monoisotopic (exact) mass is 459 g/mol. The summed E-state index contributed by atoms with van der Waals surface area (Å²) in [5, 5.41) is 3.77. The Hall–Kier alpha value is -3.81. The number of likely N-dealkylation sites (tertiary alicyclic amines) is 1. The first-order chi connectivity index (χ1) is 16.5. The van der Waals surface area contributed by atoms with E-state index in [0.717, 1.165) is 22.9 Å². The van der Waals surface area contributed by atoms with E-state index in [2.05, 4.69) is 10.3 Å². The zero-order chi connectivity index (χ0) is 23.4. The number of hydrogen-bond acceptors (Lipinski definition) is 5. The van der Waals surface area contributed by atoms with Gasteiger partial charge in [-0.2, -0.15) is 0 Å². The fourth-order valence-corrected chi connectivity index (χ4v) is 5.49. The van der Waals surface area contributed by atoms with E-state index in [-0.39, 0.29) is 24.0 Å². The second-order valence-electron chi connectivity index (χ2n) is 9.26. The van der Waals surface area contributed by atoms with Crippen LogP contribution in [0, 0.1) is 0 Å². The third-order valence-corrected chi connectivity index (χ3v) is 7.30. The first-order valence-electron chi connectivity index (χ1n) is 11.6. The van der Waals surface area contributed by atoms with Gasteiger partial charge < -0.3 is 24.7 Å². The first kappa shape index (κ1) is 20.8. The van der Waals surface area contributed by atoms with Gasteiger partial charge in [0.1, 0.15) is 28.4 Å². The van der Waals surface area contributed by atoms with Gasteiger partial charge in [-0.15, -0.1) is 0 Å². The van der Waals surface area contributed by atoms with Crippen molar-refractivity contribution in [1.29, 1.82) is 0 Å². The molecule has 0 bridgehead atoms. The minimum Gasteiger partial charge on any atom is -0.496 e. The number of ether oxygens (including phenoxy) is 2. The number of Topliss-reactive ketones (excluding diaryl/α,β-unsaturated/α-hetero) is 1. The van der Waals surface area contributed by atoms with Gasteiger partial charge in [-0.3, -0.25) is 14.4 Å². The quantitative estimate of drug-likeness (QED) is 0.613. The maximum atomic E-state index is 13.3. The van der Waals surface area contributed by atoms with E-state index in [1.165, 1.54) is 0 Å². The number of piperidine rings is 1. The number of rotatable bonds is 2. The number of methoxy groups -OCH3 is 1. The zero-order valence-corrected chi connectivity index (χ0v) is 18.9. The lowest BCUT2D eigenvalue weighted by molar-refractivity contribution is -0.00599. The second-order valence-corrected chi connectivity index (χ2v) is 9.26. The Balaban J connectivity index is 1.21. The molecule has 174 valence electrons. The van der Waals surface area contributed by atoms with E-state index in [1.54, 1.807) is 25.3 Å². The summed E-state index contributed by atoms with van der Waals surface area (Å²) in [6.45, 7) is 1.62. The van der Waals surface area contributed by atoms with Crippen LogP contribution in [-0.2, 0) is 6.42 Å². The fraction of sp³-hybridized carbons (Fsp3) is 0.346. The summed E-state index contributed by atoms with van der Waals surface area (Å²) in [5.41, 5.74) is 2.93. The maximum absolute atomic E-state index is 13.3. The maximum Gasteiger partial charge on any atom is 0.268 e. The summed E-state index contributed by atoms with van der Waals surface area (Å²) in [4.78, 5) is 43.4. The molecule has 0 radical (unpaired) electrons. The Bertz CT molecular complexity index is 1350. The second kappa shape index (κ2) is 7.62. The number of benzene rings is 2. The number of H-pyrrole nitrogens is 1. The molecular formula is C26H25N3O5. The number of carbonyl (C=O) groups excluding carboxylic acids is 3. The molecule has 2 amide bonds. The van der Waals surface area contributed by atoms with Crippen molar-refractivity contribution < 1.29 is 23.9 Å². The number of ketones is 1. The largest absolute Gasteiger partial charge is 0.496 e. The molecule has 34 heavy (non-hydrogen) atoms.